The molecule has 0 saturated carbocycles. The molecule has 2 aromatic rings. The Bertz CT molecular complexity index is 910. The molecule has 0 bridgehead atoms. The molecule has 0 radical (unpaired) electrons. The SMILES string of the molecule is O=C(NNC(=O)c1ccc(S(=O)(=O)N2CCOCC2)cc1)c1ccncc1. The van der Waals surface area contributed by atoms with Crippen molar-refractivity contribution in [3.05, 3.63) is 59.9 Å². The highest BCUT2D eigenvalue weighted by atomic mass is 32.2. The van der Waals surface area contributed by atoms with Crippen LogP contribution in [0.2, 0.25) is 0 Å². The third kappa shape index (κ3) is 4.48. The van der Waals surface area contributed by atoms with Gasteiger partial charge in [0, 0.05) is 36.6 Å². The van der Waals surface area contributed by atoms with Crippen LogP contribution in [0, 0.1) is 0 Å². The van der Waals surface area contributed by atoms with E-state index in [0.29, 0.717) is 31.9 Å². The second-order valence-electron chi connectivity index (χ2n) is 5.68. The zero-order valence-electron chi connectivity index (χ0n) is 14.3. The van der Waals surface area contributed by atoms with E-state index in [1.54, 1.807) is 0 Å². The van der Waals surface area contributed by atoms with Crippen molar-refractivity contribution >= 4 is 21.8 Å². The molecule has 142 valence electrons. The number of hydrazine groups is 1. The molecule has 1 aliphatic rings. The predicted octanol–water partition coefficient (Wildman–Crippen LogP) is 0.177. The maximum absolute atomic E-state index is 12.5. The third-order valence-electron chi connectivity index (χ3n) is 3.96. The standard InChI is InChI=1S/C17H18N4O5S/c22-16(19-20-17(23)14-5-7-18-8-6-14)13-1-3-15(4-2-13)27(24,25)21-9-11-26-12-10-21/h1-8H,9-12H2,(H,19,22)(H,20,23). The molecule has 27 heavy (non-hydrogen) atoms. The highest BCUT2D eigenvalue weighted by Gasteiger charge is 2.26. The summed E-state index contributed by atoms with van der Waals surface area (Å²) in [6.07, 6.45) is 2.93. The number of sulfonamides is 1. The van der Waals surface area contributed by atoms with Crippen LogP contribution < -0.4 is 10.9 Å². The molecular weight excluding hydrogens is 372 g/mol. The highest BCUT2D eigenvalue weighted by molar-refractivity contribution is 7.89. The molecule has 2 amide bonds. The van der Waals surface area contributed by atoms with Gasteiger partial charge in [0.1, 0.15) is 0 Å². The maximum atomic E-state index is 12.5. The van der Waals surface area contributed by atoms with Crippen LogP contribution in [-0.2, 0) is 14.8 Å². The topological polar surface area (TPSA) is 118 Å². The molecule has 9 nitrogen and oxygen atoms in total. The summed E-state index contributed by atoms with van der Waals surface area (Å²) in [5, 5.41) is 0. The van der Waals surface area contributed by atoms with Gasteiger partial charge in [0.25, 0.3) is 11.8 Å². The van der Waals surface area contributed by atoms with Crippen molar-refractivity contribution in [2.24, 2.45) is 0 Å². The summed E-state index contributed by atoms with van der Waals surface area (Å²) < 4.78 is 31.6. The zero-order valence-corrected chi connectivity index (χ0v) is 15.1. The van der Waals surface area contributed by atoms with E-state index < -0.39 is 21.8 Å². The van der Waals surface area contributed by atoms with Gasteiger partial charge in [-0.15, -0.1) is 0 Å². The second-order valence-corrected chi connectivity index (χ2v) is 7.62. The van der Waals surface area contributed by atoms with Crippen LogP contribution in [0.4, 0.5) is 0 Å². The van der Waals surface area contributed by atoms with Crippen molar-refractivity contribution in [3.63, 3.8) is 0 Å². The fraction of sp³-hybridized carbons (Fsp3) is 0.235. The monoisotopic (exact) mass is 390 g/mol. The molecule has 0 unspecified atom stereocenters. The van der Waals surface area contributed by atoms with Gasteiger partial charge in [-0.25, -0.2) is 8.42 Å². The molecule has 3 rings (SSSR count). The number of carbonyl (C=O) groups excluding carboxylic acids is 2. The van der Waals surface area contributed by atoms with Gasteiger partial charge in [0.15, 0.2) is 0 Å². The van der Waals surface area contributed by atoms with E-state index in [0.717, 1.165) is 0 Å². The molecule has 1 aromatic heterocycles. The molecule has 1 aliphatic heterocycles. The first kappa shape index (κ1) is 19.0. The predicted molar refractivity (Wildman–Crippen MR) is 95.2 cm³/mol. The van der Waals surface area contributed by atoms with E-state index >= 15 is 0 Å². The number of carbonyl (C=O) groups is 2. The lowest BCUT2D eigenvalue weighted by Gasteiger charge is -2.26. The van der Waals surface area contributed by atoms with Crippen LogP contribution in [0.15, 0.2) is 53.7 Å². The van der Waals surface area contributed by atoms with E-state index in [-0.39, 0.29) is 10.5 Å². The van der Waals surface area contributed by atoms with Crippen LogP contribution in [-0.4, -0.2) is 55.8 Å². The van der Waals surface area contributed by atoms with Gasteiger partial charge in [0.05, 0.1) is 18.1 Å². The van der Waals surface area contributed by atoms with Gasteiger partial charge in [-0.3, -0.25) is 25.4 Å². The van der Waals surface area contributed by atoms with Gasteiger partial charge < -0.3 is 4.74 Å². The first-order valence-electron chi connectivity index (χ1n) is 8.17. The Morgan fingerprint density at radius 2 is 1.41 bits per heavy atom. The van der Waals surface area contributed by atoms with Crippen LogP contribution in [0.5, 0.6) is 0 Å². The largest absolute Gasteiger partial charge is 0.379 e. The summed E-state index contributed by atoms with van der Waals surface area (Å²) in [4.78, 5) is 27.9. The number of pyridine rings is 1. The Balaban J connectivity index is 1.62. The minimum atomic E-state index is -3.62. The molecule has 1 fully saturated rings. The van der Waals surface area contributed by atoms with Crippen molar-refractivity contribution in [2.45, 2.75) is 4.90 Å². The normalized spacial score (nSPS) is 15.1. The summed E-state index contributed by atoms with van der Waals surface area (Å²) in [7, 11) is -3.62. The highest BCUT2D eigenvalue weighted by Crippen LogP contribution is 2.17. The van der Waals surface area contributed by atoms with Gasteiger partial charge in [0.2, 0.25) is 10.0 Å². The number of nitrogens with one attached hydrogen (secondary N) is 2. The maximum Gasteiger partial charge on any atom is 0.269 e. The number of ether oxygens (including phenoxy) is 1. The lowest BCUT2D eigenvalue weighted by molar-refractivity contribution is 0.0730. The van der Waals surface area contributed by atoms with E-state index in [2.05, 4.69) is 15.8 Å². The summed E-state index contributed by atoms with van der Waals surface area (Å²) >= 11 is 0. The van der Waals surface area contributed by atoms with Gasteiger partial charge in [-0.1, -0.05) is 0 Å². The van der Waals surface area contributed by atoms with E-state index in [9.17, 15) is 18.0 Å². The first-order valence-corrected chi connectivity index (χ1v) is 9.61. The quantitative estimate of drug-likeness (QED) is 0.719. The van der Waals surface area contributed by atoms with Crippen LogP contribution in [0.3, 0.4) is 0 Å². The molecule has 0 spiro atoms. The fourth-order valence-corrected chi connectivity index (χ4v) is 3.88. The van der Waals surface area contributed by atoms with Crippen molar-refractivity contribution in [1.82, 2.24) is 20.1 Å². The van der Waals surface area contributed by atoms with Crippen LogP contribution >= 0.6 is 0 Å². The number of nitrogens with zero attached hydrogens (tertiary/aromatic N) is 2. The van der Waals surface area contributed by atoms with Crippen molar-refractivity contribution in [2.75, 3.05) is 26.3 Å². The molecule has 0 aliphatic carbocycles. The second kappa shape index (κ2) is 8.25. The minimum absolute atomic E-state index is 0.0989. The first-order chi connectivity index (χ1) is 13.0. The Morgan fingerprint density at radius 3 is 1.96 bits per heavy atom. The molecular formula is C17H18N4O5S. The smallest absolute Gasteiger partial charge is 0.269 e. The Kier molecular flexibility index (Phi) is 5.79. The molecule has 2 N–H and O–H groups in total. The van der Waals surface area contributed by atoms with Crippen LogP contribution in [0.1, 0.15) is 20.7 Å². The number of benzene rings is 1. The average molecular weight is 390 g/mol. The molecule has 10 heteroatoms. The van der Waals surface area contributed by atoms with E-state index in [1.807, 2.05) is 0 Å². The Hall–Kier alpha value is -2.82. The summed E-state index contributed by atoms with van der Waals surface area (Å²) in [5.41, 5.74) is 5.13. The molecule has 2 heterocycles. The number of morpholine rings is 1. The van der Waals surface area contributed by atoms with E-state index in [1.165, 1.54) is 53.1 Å². The average Bonchev–Trinajstić information content (AvgIpc) is 2.73. The van der Waals surface area contributed by atoms with Gasteiger partial charge >= 0.3 is 0 Å². The van der Waals surface area contributed by atoms with Crippen molar-refractivity contribution in [3.8, 4) is 0 Å². The lowest BCUT2D eigenvalue weighted by atomic mass is 10.2. The number of amides is 2. The number of hydrogen-bond donors (Lipinski definition) is 2. The summed E-state index contributed by atoms with van der Waals surface area (Å²) in [5.74, 6) is -1.05. The number of aromatic nitrogens is 1. The zero-order chi connectivity index (χ0) is 19.3. The molecule has 1 aromatic carbocycles. The molecule has 1 saturated heterocycles. The van der Waals surface area contributed by atoms with Crippen molar-refractivity contribution in [1.29, 1.82) is 0 Å². The lowest BCUT2D eigenvalue weighted by Crippen LogP contribution is -2.41. The van der Waals surface area contributed by atoms with Gasteiger partial charge in [-0.05, 0) is 36.4 Å². The van der Waals surface area contributed by atoms with Crippen molar-refractivity contribution < 1.29 is 22.7 Å². The summed E-state index contributed by atoms with van der Waals surface area (Å²) in [6, 6.07) is 8.52. The number of rotatable bonds is 4. The Morgan fingerprint density at radius 1 is 0.889 bits per heavy atom. The van der Waals surface area contributed by atoms with E-state index in [4.69, 9.17) is 4.74 Å². The fourth-order valence-electron chi connectivity index (χ4n) is 2.48. The molecule has 0 atom stereocenters. The number of hydrogen-bond acceptors (Lipinski definition) is 6. The van der Waals surface area contributed by atoms with Crippen LogP contribution in [0.25, 0.3) is 0 Å². The summed E-state index contributed by atoms with van der Waals surface area (Å²) in [6.45, 7) is 1.31. The third-order valence-corrected chi connectivity index (χ3v) is 5.87. The van der Waals surface area contributed by atoms with Gasteiger partial charge in [-0.2, -0.15) is 4.31 Å². The Labute approximate surface area is 156 Å². The minimum Gasteiger partial charge on any atom is -0.379 e.